The van der Waals surface area contributed by atoms with Gasteiger partial charge in [0.1, 0.15) is 12.2 Å². The van der Waals surface area contributed by atoms with E-state index in [4.69, 9.17) is 5.11 Å². The van der Waals surface area contributed by atoms with Crippen molar-refractivity contribution in [3.8, 4) is 0 Å². The van der Waals surface area contributed by atoms with E-state index < -0.39 is 5.97 Å². The number of rotatable bonds is 2. The van der Waals surface area contributed by atoms with Crippen LogP contribution in [0.1, 0.15) is 13.3 Å². The fourth-order valence-corrected chi connectivity index (χ4v) is 0.213. The van der Waals surface area contributed by atoms with E-state index in [-0.39, 0.29) is 31.7 Å². The third kappa shape index (κ3) is 9.23. The molecular weight excluding hydrogens is 199 g/mol. The monoisotopic (exact) mass is 205 g/mol. The van der Waals surface area contributed by atoms with Crippen LogP contribution in [-0.4, -0.2) is 16.9 Å². The van der Waals surface area contributed by atoms with Gasteiger partial charge in [-0.1, -0.05) is 0 Å². The van der Waals surface area contributed by atoms with Crippen LogP contribution in [0.4, 0.5) is 0 Å². The number of aliphatic carboxylic acids is 1. The quantitative estimate of drug-likeness (QED) is 0.511. The van der Waals surface area contributed by atoms with Gasteiger partial charge in [0, 0.05) is 19.5 Å². The molecule has 0 aromatic carbocycles. The molecule has 0 rings (SSSR count). The number of carbonyl (C=O) groups is 2. The Morgan fingerprint density at radius 1 is 1.50 bits per heavy atom. The van der Waals surface area contributed by atoms with Crippen molar-refractivity contribution in [3.05, 3.63) is 0 Å². The molecule has 0 atom stereocenters. The summed E-state index contributed by atoms with van der Waals surface area (Å²) in [7, 11) is 0. The molecule has 0 unspecified atom stereocenters. The Labute approximate surface area is 59.8 Å². The summed E-state index contributed by atoms with van der Waals surface area (Å²) in [5.41, 5.74) is 0. The van der Waals surface area contributed by atoms with Gasteiger partial charge < -0.3 is 5.11 Å². The van der Waals surface area contributed by atoms with Gasteiger partial charge in [0.2, 0.25) is 0 Å². The molecule has 0 aromatic rings. The van der Waals surface area contributed by atoms with Crippen molar-refractivity contribution >= 4 is 11.8 Å². The first kappa shape index (κ1) is 10.7. The molecule has 0 aliphatic heterocycles. The number of ketones is 1. The summed E-state index contributed by atoms with van der Waals surface area (Å²) in [6, 6.07) is 0. The zero-order chi connectivity index (χ0) is 5.86. The molecule has 0 bridgehead atoms. The largest absolute Gasteiger partial charge is 0.481 e. The molecule has 1 radical (unpaired) electrons. The van der Waals surface area contributed by atoms with Crippen LogP contribution in [0.2, 0.25) is 0 Å². The molecule has 0 aliphatic rings. The first-order chi connectivity index (χ1) is 3.13. The molecule has 0 amide bonds. The van der Waals surface area contributed by atoms with Gasteiger partial charge in [0.05, 0.1) is 0 Å². The van der Waals surface area contributed by atoms with Gasteiger partial charge in [-0.05, 0) is 6.92 Å². The fraction of sp³-hybridized carbons (Fsp3) is 0.500. The number of carbonyl (C=O) groups excluding carboxylic acids is 1. The molecule has 0 spiro atoms. The zero-order valence-corrected chi connectivity index (χ0v) is 5.94. The summed E-state index contributed by atoms with van der Waals surface area (Å²) in [6.07, 6.45) is -0.361. The summed E-state index contributed by atoms with van der Waals surface area (Å²) >= 11 is 0. The first-order valence-electron chi connectivity index (χ1n) is 1.84. The number of carboxylic acids is 1. The van der Waals surface area contributed by atoms with Gasteiger partial charge in [-0.15, -0.1) is 0 Å². The summed E-state index contributed by atoms with van der Waals surface area (Å²) in [5, 5.41) is 7.86. The Bertz CT molecular complexity index is 87.5. The topological polar surface area (TPSA) is 54.4 Å². The van der Waals surface area contributed by atoms with Crippen LogP contribution in [-0.2, 0) is 29.1 Å². The molecular formula is C4H6O3Rh. The predicted octanol–water partition coefficient (Wildman–Crippen LogP) is 0.0476. The van der Waals surface area contributed by atoms with Gasteiger partial charge in [-0.2, -0.15) is 0 Å². The standard InChI is InChI=1S/C4H6O3.Rh/c1-3(5)2-4(6)7;/h2H2,1H3,(H,6,7);. The maximum Gasteiger partial charge on any atom is 0.310 e. The number of hydrogen-bond acceptors (Lipinski definition) is 2. The van der Waals surface area contributed by atoms with Crippen molar-refractivity contribution in [2.75, 3.05) is 0 Å². The summed E-state index contributed by atoms with van der Waals surface area (Å²) in [5.74, 6) is -1.37. The van der Waals surface area contributed by atoms with Crippen LogP contribution in [0.5, 0.6) is 0 Å². The van der Waals surface area contributed by atoms with Gasteiger partial charge in [-0.3, -0.25) is 9.59 Å². The Morgan fingerprint density at radius 2 is 1.88 bits per heavy atom. The smallest absolute Gasteiger partial charge is 0.310 e. The van der Waals surface area contributed by atoms with E-state index in [9.17, 15) is 9.59 Å². The minimum absolute atomic E-state index is 0. The Morgan fingerprint density at radius 3 is 1.88 bits per heavy atom. The minimum Gasteiger partial charge on any atom is -0.481 e. The predicted molar refractivity (Wildman–Crippen MR) is 22.9 cm³/mol. The molecule has 3 nitrogen and oxygen atoms in total. The molecule has 0 saturated heterocycles. The average Bonchev–Trinajstić information content (AvgIpc) is 1.27. The zero-order valence-electron chi connectivity index (χ0n) is 4.30. The molecule has 1 N–H and O–H groups in total. The van der Waals surface area contributed by atoms with E-state index in [0.717, 1.165) is 0 Å². The van der Waals surface area contributed by atoms with Crippen molar-refractivity contribution in [3.63, 3.8) is 0 Å². The van der Waals surface area contributed by atoms with Gasteiger partial charge in [-0.25, -0.2) is 0 Å². The van der Waals surface area contributed by atoms with E-state index >= 15 is 0 Å². The molecule has 0 aromatic heterocycles. The van der Waals surface area contributed by atoms with Crippen molar-refractivity contribution in [2.45, 2.75) is 13.3 Å². The van der Waals surface area contributed by atoms with Crippen LogP contribution >= 0.6 is 0 Å². The third-order valence-electron chi connectivity index (χ3n) is 0.400. The number of hydrogen-bond donors (Lipinski definition) is 1. The van der Waals surface area contributed by atoms with Crippen molar-refractivity contribution < 1.29 is 34.2 Å². The SMILES string of the molecule is CC(=O)CC(=O)O.[Rh]. The summed E-state index contributed by atoms with van der Waals surface area (Å²) in [4.78, 5) is 19.5. The summed E-state index contributed by atoms with van der Waals surface area (Å²) < 4.78 is 0. The number of Topliss-reactive ketones (excluding diaryl/α,β-unsaturated/α-hetero) is 1. The van der Waals surface area contributed by atoms with E-state index in [1.54, 1.807) is 0 Å². The van der Waals surface area contributed by atoms with Crippen molar-refractivity contribution in [1.82, 2.24) is 0 Å². The van der Waals surface area contributed by atoms with E-state index in [1.807, 2.05) is 0 Å². The normalized spacial score (nSPS) is 7.12. The van der Waals surface area contributed by atoms with Crippen molar-refractivity contribution in [1.29, 1.82) is 0 Å². The fourth-order valence-electron chi connectivity index (χ4n) is 0.213. The maximum absolute atomic E-state index is 9.87. The van der Waals surface area contributed by atoms with E-state index in [0.29, 0.717) is 0 Å². The van der Waals surface area contributed by atoms with E-state index in [1.165, 1.54) is 6.92 Å². The van der Waals surface area contributed by atoms with Gasteiger partial charge in [0.25, 0.3) is 0 Å². The molecule has 4 heteroatoms. The molecule has 0 aliphatic carbocycles. The second kappa shape index (κ2) is 4.91. The minimum atomic E-state index is -1.06. The van der Waals surface area contributed by atoms with Crippen LogP contribution in [0.25, 0.3) is 0 Å². The molecule has 0 heterocycles. The molecule has 49 valence electrons. The second-order valence-electron chi connectivity index (χ2n) is 1.27. The molecule has 0 fully saturated rings. The summed E-state index contributed by atoms with van der Waals surface area (Å²) in [6.45, 7) is 1.24. The van der Waals surface area contributed by atoms with Crippen LogP contribution in [0.15, 0.2) is 0 Å². The van der Waals surface area contributed by atoms with Crippen LogP contribution in [0.3, 0.4) is 0 Å². The van der Waals surface area contributed by atoms with E-state index in [2.05, 4.69) is 0 Å². The molecule has 0 saturated carbocycles. The van der Waals surface area contributed by atoms with Gasteiger partial charge >= 0.3 is 5.97 Å². The second-order valence-corrected chi connectivity index (χ2v) is 1.27. The Hall–Kier alpha value is -0.237. The van der Waals surface area contributed by atoms with Crippen molar-refractivity contribution in [2.24, 2.45) is 0 Å². The van der Waals surface area contributed by atoms with Crippen LogP contribution in [0, 0.1) is 0 Å². The average molecular weight is 205 g/mol. The molecule has 8 heavy (non-hydrogen) atoms. The maximum atomic E-state index is 9.87. The van der Waals surface area contributed by atoms with Gasteiger partial charge in [0.15, 0.2) is 0 Å². The number of carboxylic acid groups (broad SMARTS) is 1. The van der Waals surface area contributed by atoms with Crippen LogP contribution < -0.4 is 0 Å². The first-order valence-corrected chi connectivity index (χ1v) is 1.84. The Kier molecular flexibility index (Phi) is 6.56. The third-order valence-corrected chi connectivity index (χ3v) is 0.400. The Balaban J connectivity index is 0.